The fraction of sp³-hybridized carbons (Fsp3) is 0.800. The maximum atomic E-state index is 12.3. The first-order chi connectivity index (χ1) is 10.2. The molecule has 0 atom stereocenters. The Morgan fingerprint density at radius 1 is 1.14 bits per heavy atom. The number of nitrogens with zero attached hydrogens (tertiary/aromatic N) is 3. The molecule has 2 heterocycles. The molecule has 3 fully saturated rings. The van der Waals surface area contributed by atoms with E-state index in [1.165, 1.54) is 19.3 Å². The molecule has 21 heavy (non-hydrogen) atoms. The van der Waals surface area contributed by atoms with E-state index in [-0.39, 0.29) is 0 Å². The third-order valence-electron chi connectivity index (χ3n) is 5.27. The number of amides is 1. The summed E-state index contributed by atoms with van der Waals surface area (Å²) in [6.07, 6.45) is 7.90. The van der Waals surface area contributed by atoms with E-state index >= 15 is 0 Å². The first-order valence-electron chi connectivity index (χ1n) is 8.19. The highest BCUT2D eigenvalue weighted by molar-refractivity contribution is 7.71. The summed E-state index contributed by atoms with van der Waals surface area (Å²) in [6, 6.07) is 0.570. The highest BCUT2D eigenvalue weighted by Crippen LogP contribution is 2.39. The smallest absolute Gasteiger partial charge is 0.225 e. The zero-order valence-corrected chi connectivity index (χ0v) is 13.1. The lowest BCUT2D eigenvalue weighted by molar-refractivity contribution is -0.139. The molecule has 0 aromatic carbocycles. The van der Waals surface area contributed by atoms with Crippen LogP contribution in [0.25, 0.3) is 0 Å². The predicted molar refractivity (Wildman–Crippen MR) is 81.6 cm³/mol. The molecule has 0 bridgehead atoms. The fourth-order valence-electron chi connectivity index (χ4n) is 3.56. The van der Waals surface area contributed by atoms with E-state index in [2.05, 4.69) is 19.7 Å². The molecule has 1 amide bonds. The van der Waals surface area contributed by atoms with Crippen LogP contribution in [0.5, 0.6) is 0 Å². The van der Waals surface area contributed by atoms with Crippen LogP contribution in [-0.2, 0) is 4.79 Å². The van der Waals surface area contributed by atoms with Crippen molar-refractivity contribution in [1.29, 1.82) is 0 Å². The Morgan fingerprint density at radius 2 is 1.86 bits per heavy atom. The van der Waals surface area contributed by atoms with Crippen molar-refractivity contribution in [3.05, 3.63) is 10.6 Å². The molecular weight excluding hydrogens is 284 g/mol. The van der Waals surface area contributed by atoms with Crippen molar-refractivity contribution in [2.45, 2.75) is 56.9 Å². The summed E-state index contributed by atoms with van der Waals surface area (Å²) in [5.74, 6) is 2.28. The second kappa shape index (κ2) is 5.23. The lowest BCUT2D eigenvalue weighted by Crippen LogP contribution is -2.43. The Bertz CT molecular complexity index is 591. The molecule has 1 aromatic rings. The van der Waals surface area contributed by atoms with Crippen LogP contribution >= 0.6 is 12.2 Å². The van der Waals surface area contributed by atoms with Crippen molar-refractivity contribution in [3.8, 4) is 0 Å². The minimum Gasteiger partial charge on any atom is -0.342 e. The number of rotatable bonds is 3. The second-order valence-corrected chi connectivity index (χ2v) is 7.10. The summed E-state index contributed by atoms with van der Waals surface area (Å²) in [5.41, 5.74) is 0. The molecule has 1 saturated heterocycles. The number of carbonyl (C=O) groups is 1. The fourth-order valence-corrected chi connectivity index (χ4v) is 3.85. The Kier molecular flexibility index (Phi) is 3.36. The van der Waals surface area contributed by atoms with E-state index < -0.39 is 0 Å². The van der Waals surface area contributed by atoms with Crippen molar-refractivity contribution in [3.63, 3.8) is 0 Å². The average Bonchev–Trinajstić information content (AvgIpc) is 3.20. The third-order valence-corrected chi connectivity index (χ3v) is 5.56. The van der Waals surface area contributed by atoms with Gasteiger partial charge in [-0.25, -0.2) is 0 Å². The number of hydrogen-bond donors (Lipinski definition) is 1. The van der Waals surface area contributed by atoms with Crippen molar-refractivity contribution in [2.24, 2.45) is 5.92 Å². The first-order valence-corrected chi connectivity index (χ1v) is 8.60. The van der Waals surface area contributed by atoms with Gasteiger partial charge in [-0.3, -0.25) is 9.89 Å². The van der Waals surface area contributed by atoms with E-state index in [0.717, 1.165) is 49.4 Å². The Morgan fingerprint density at radius 3 is 2.43 bits per heavy atom. The number of nitrogens with one attached hydrogen (secondary N) is 1. The molecule has 114 valence electrons. The van der Waals surface area contributed by atoms with Crippen LogP contribution in [0.3, 0.4) is 0 Å². The van der Waals surface area contributed by atoms with Crippen LogP contribution in [-0.4, -0.2) is 38.7 Å². The van der Waals surface area contributed by atoms with Crippen molar-refractivity contribution >= 4 is 18.1 Å². The Balaban J connectivity index is 1.43. The van der Waals surface area contributed by atoms with Gasteiger partial charge < -0.3 is 9.47 Å². The number of aromatic amines is 1. The van der Waals surface area contributed by atoms with Gasteiger partial charge in [0.05, 0.1) is 0 Å². The van der Waals surface area contributed by atoms with Crippen LogP contribution < -0.4 is 0 Å². The summed E-state index contributed by atoms with van der Waals surface area (Å²) in [4.78, 5) is 14.4. The Hall–Kier alpha value is -1.17. The van der Waals surface area contributed by atoms with Gasteiger partial charge in [-0.1, -0.05) is 6.42 Å². The monoisotopic (exact) mass is 306 g/mol. The van der Waals surface area contributed by atoms with Crippen LogP contribution in [0, 0.1) is 10.7 Å². The summed E-state index contributed by atoms with van der Waals surface area (Å²) < 4.78 is 2.99. The first kappa shape index (κ1) is 13.5. The lowest BCUT2D eigenvalue weighted by atomic mass is 9.83. The van der Waals surface area contributed by atoms with E-state index in [1.54, 1.807) is 0 Å². The molecule has 2 aliphatic carbocycles. The van der Waals surface area contributed by atoms with Gasteiger partial charge in [0.15, 0.2) is 4.77 Å². The molecule has 0 spiro atoms. The van der Waals surface area contributed by atoms with Gasteiger partial charge in [0.1, 0.15) is 5.82 Å². The van der Waals surface area contributed by atoms with Crippen LogP contribution in [0.2, 0.25) is 0 Å². The highest BCUT2D eigenvalue weighted by Gasteiger charge is 2.35. The standard InChI is InChI=1S/C15H22N4OS/c20-14(11-2-1-3-11)18-8-6-10(7-9-18)13-16-17-15(21)19(13)12-4-5-12/h10-12H,1-9H2,(H,17,21). The van der Waals surface area contributed by atoms with E-state index in [9.17, 15) is 4.79 Å². The largest absolute Gasteiger partial charge is 0.342 e. The van der Waals surface area contributed by atoms with Gasteiger partial charge in [0.2, 0.25) is 5.91 Å². The van der Waals surface area contributed by atoms with Crippen molar-refractivity contribution < 1.29 is 4.79 Å². The van der Waals surface area contributed by atoms with Gasteiger partial charge in [-0.15, -0.1) is 0 Å². The van der Waals surface area contributed by atoms with E-state index in [0.29, 0.717) is 23.8 Å². The van der Waals surface area contributed by atoms with Crippen LogP contribution in [0.4, 0.5) is 0 Å². The average molecular weight is 306 g/mol. The molecule has 2 saturated carbocycles. The number of hydrogen-bond acceptors (Lipinski definition) is 3. The molecule has 6 heteroatoms. The summed E-state index contributed by atoms with van der Waals surface area (Å²) in [5, 5.41) is 7.44. The normalized spacial score (nSPS) is 24.1. The molecule has 3 aliphatic rings. The maximum absolute atomic E-state index is 12.3. The molecule has 1 aromatic heterocycles. The van der Waals surface area contributed by atoms with Crippen LogP contribution in [0.1, 0.15) is 62.7 Å². The summed E-state index contributed by atoms with van der Waals surface area (Å²) >= 11 is 5.36. The van der Waals surface area contributed by atoms with Crippen molar-refractivity contribution in [1.82, 2.24) is 19.7 Å². The van der Waals surface area contributed by atoms with E-state index in [1.807, 2.05) is 0 Å². The van der Waals surface area contributed by atoms with Gasteiger partial charge in [-0.2, -0.15) is 5.10 Å². The summed E-state index contributed by atoms with van der Waals surface area (Å²) in [6.45, 7) is 1.76. The summed E-state index contributed by atoms with van der Waals surface area (Å²) in [7, 11) is 0. The zero-order valence-electron chi connectivity index (χ0n) is 12.3. The number of H-pyrrole nitrogens is 1. The zero-order chi connectivity index (χ0) is 14.4. The SMILES string of the molecule is O=C(C1CCC1)N1CCC(c2n[nH]c(=S)n2C2CC2)CC1. The number of piperidine rings is 1. The van der Waals surface area contributed by atoms with Gasteiger partial charge in [-0.05, 0) is 50.7 Å². The Labute approximate surface area is 129 Å². The molecule has 1 aliphatic heterocycles. The minimum atomic E-state index is 0.322. The van der Waals surface area contributed by atoms with Crippen molar-refractivity contribution in [2.75, 3.05) is 13.1 Å². The molecular formula is C15H22N4OS. The number of likely N-dealkylation sites (tertiary alicyclic amines) is 1. The van der Waals surface area contributed by atoms with Crippen LogP contribution in [0.15, 0.2) is 0 Å². The topological polar surface area (TPSA) is 53.9 Å². The molecule has 1 N–H and O–H groups in total. The lowest BCUT2D eigenvalue weighted by Gasteiger charge is -2.36. The number of aromatic nitrogens is 3. The number of carbonyl (C=O) groups excluding carboxylic acids is 1. The molecule has 4 rings (SSSR count). The minimum absolute atomic E-state index is 0.322. The molecule has 0 radical (unpaired) electrons. The van der Waals surface area contributed by atoms with Gasteiger partial charge >= 0.3 is 0 Å². The maximum Gasteiger partial charge on any atom is 0.225 e. The highest BCUT2D eigenvalue weighted by atomic mass is 32.1. The molecule has 0 unspecified atom stereocenters. The van der Waals surface area contributed by atoms with E-state index in [4.69, 9.17) is 12.2 Å². The quantitative estimate of drug-likeness (QED) is 0.874. The second-order valence-electron chi connectivity index (χ2n) is 6.72. The third kappa shape index (κ3) is 2.43. The van der Waals surface area contributed by atoms with Gasteiger partial charge in [0.25, 0.3) is 0 Å². The molecule has 5 nitrogen and oxygen atoms in total. The predicted octanol–water partition coefficient (Wildman–Crippen LogP) is 2.78. The van der Waals surface area contributed by atoms with Gasteiger partial charge in [0, 0.05) is 31.0 Å².